The number of hydrogen-bond donors (Lipinski definition) is 2. The van der Waals surface area contributed by atoms with Crippen molar-refractivity contribution in [2.75, 3.05) is 6.54 Å². The molecule has 0 aromatic carbocycles. The van der Waals surface area contributed by atoms with E-state index < -0.39 is 36.8 Å². The van der Waals surface area contributed by atoms with E-state index in [1.54, 1.807) is 13.8 Å². The van der Waals surface area contributed by atoms with Gasteiger partial charge < -0.3 is 10.4 Å². The van der Waals surface area contributed by atoms with Crippen molar-refractivity contribution in [3.8, 4) is 0 Å². The van der Waals surface area contributed by atoms with Crippen molar-refractivity contribution in [3.05, 3.63) is 0 Å². The Morgan fingerprint density at radius 1 is 1.05 bits per heavy atom. The summed E-state index contributed by atoms with van der Waals surface area (Å²) in [6.07, 6.45) is -11.6. The lowest BCUT2D eigenvalue weighted by Crippen LogP contribution is -2.49. The summed E-state index contributed by atoms with van der Waals surface area (Å²) in [5, 5.41) is 11.1. The smallest absolute Gasteiger partial charge is 0.391 e. The van der Waals surface area contributed by atoms with Crippen LogP contribution in [0.3, 0.4) is 0 Å². The Hall–Kier alpha value is -0.990. The van der Waals surface area contributed by atoms with E-state index >= 15 is 0 Å². The summed E-state index contributed by atoms with van der Waals surface area (Å²) >= 11 is 0. The van der Waals surface area contributed by atoms with Gasteiger partial charge in [-0.05, 0) is 5.92 Å². The molecule has 9 heteroatoms. The summed E-state index contributed by atoms with van der Waals surface area (Å²) in [5.41, 5.74) is 0. The minimum atomic E-state index is -5.72. The Labute approximate surface area is 112 Å². The molecule has 0 saturated carbocycles. The van der Waals surface area contributed by atoms with Crippen LogP contribution in [0.4, 0.5) is 26.3 Å². The van der Waals surface area contributed by atoms with E-state index in [-0.39, 0.29) is 5.92 Å². The van der Waals surface area contributed by atoms with Crippen molar-refractivity contribution in [2.24, 2.45) is 11.8 Å². The number of carbonyl (C=O) groups is 1. The van der Waals surface area contributed by atoms with E-state index in [1.807, 2.05) is 0 Å². The van der Waals surface area contributed by atoms with Gasteiger partial charge in [0.2, 0.25) is 11.8 Å². The van der Waals surface area contributed by atoms with Gasteiger partial charge in [0.05, 0.1) is 6.10 Å². The van der Waals surface area contributed by atoms with E-state index in [0.29, 0.717) is 12.8 Å². The number of rotatable bonds is 6. The highest BCUT2D eigenvalue weighted by Crippen LogP contribution is 2.39. The normalized spacial score (nSPS) is 14.8. The topological polar surface area (TPSA) is 49.3 Å². The van der Waals surface area contributed by atoms with Crippen LogP contribution in [0.15, 0.2) is 0 Å². The molecule has 3 nitrogen and oxygen atoms in total. The molecule has 2 N–H and O–H groups in total. The van der Waals surface area contributed by atoms with Crippen LogP contribution in [0.1, 0.15) is 26.7 Å². The average Bonchev–Trinajstić information content (AvgIpc) is 2.24. The van der Waals surface area contributed by atoms with Crippen molar-refractivity contribution < 1.29 is 36.2 Å². The van der Waals surface area contributed by atoms with Gasteiger partial charge in [-0.25, -0.2) is 0 Å². The van der Waals surface area contributed by atoms with Gasteiger partial charge in [0.15, 0.2) is 0 Å². The highest BCUT2D eigenvalue weighted by molar-refractivity contribution is 5.80. The molecule has 1 amide bonds. The monoisotopic (exact) mass is 309 g/mol. The molecule has 0 aliphatic carbocycles. The number of halogens is 6. The maximum Gasteiger partial charge on any atom is 0.409 e. The molecule has 1 unspecified atom stereocenters. The third-order valence-corrected chi connectivity index (χ3v) is 3.00. The first-order chi connectivity index (χ1) is 8.95. The molecule has 0 fully saturated rings. The summed E-state index contributed by atoms with van der Waals surface area (Å²) in [6, 6.07) is 0. The van der Waals surface area contributed by atoms with Crippen LogP contribution in [0.25, 0.3) is 0 Å². The van der Waals surface area contributed by atoms with E-state index in [0.717, 1.165) is 0 Å². The molecule has 0 bridgehead atoms. The molecule has 0 aromatic rings. The van der Waals surface area contributed by atoms with E-state index in [9.17, 15) is 36.2 Å². The Balaban J connectivity index is 4.73. The fraction of sp³-hybridized carbons (Fsp3) is 0.909. The van der Waals surface area contributed by atoms with Crippen LogP contribution in [0.5, 0.6) is 0 Å². The summed E-state index contributed by atoms with van der Waals surface area (Å²) in [5.74, 6) is -6.58. The molecule has 0 heterocycles. The minimum Gasteiger partial charge on any atom is -0.391 e. The summed E-state index contributed by atoms with van der Waals surface area (Å²) in [6.45, 7) is 2.79. The third kappa shape index (κ3) is 5.56. The lowest BCUT2D eigenvalue weighted by molar-refractivity contribution is -0.274. The molecule has 0 aromatic heterocycles. The van der Waals surface area contributed by atoms with Crippen molar-refractivity contribution >= 4 is 5.91 Å². The quantitative estimate of drug-likeness (QED) is 0.741. The molecule has 0 saturated heterocycles. The van der Waals surface area contributed by atoms with Crippen LogP contribution >= 0.6 is 0 Å². The van der Waals surface area contributed by atoms with E-state index in [2.05, 4.69) is 0 Å². The fourth-order valence-corrected chi connectivity index (χ4v) is 1.79. The van der Waals surface area contributed by atoms with Crippen LogP contribution < -0.4 is 5.32 Å². The summed E-state index contributed by atoms with van der Waals surface area (Å²) in [7, 11) is 0. The number of nitrogens with one attached hydrogen (secondary N) is 1. The van der Waals surface area contributed by atoms with Gasteiger partial charge >= 0.3 is 12.4 Å². The Bertz CT molecular complexity index is 297. The largest absolute Gasteiger partial charge is 0.409 e. The molecular weight excluding hydrogens is 292 g/mol. The number of alkyl halides is 6. The molecule has 1 atom stereocenters. The first-order valence-electron chi connectivity index (χ1n) is 6.04. The molecule has 0 radical (unpaired) electrons. The summed E-state index contributed by atoms with van der Waals surface area (Å²) < 4.78 is 73.4. The molecule has 120 valence electrons. The molecule has 0 rings (SSSR count). The SMILES string of the molecule is CCC(CC)C(O)CNC(=O)C(C(F)(F)F)C(F)(F)F. The van der Waals surface area contributed by atoms with Crippen LogP contribution in [-0.4, -0.2) is 36.0 Å². The van der Waals surface area contributed by atoms with Crippen molar-refractivity contribution in [1.82, 2.24) is 5.32 Å². The van der Waals surface area contributed by atoms with Gasteiger partial charge in [-0.15, -0.1) is 0 Å². The van der Waals surface area contributed by atoms with Crippen LogP contribution in [-0.2, 0) is 4.79 Å². The molecule has 0 aliphatic heterocycles. The second-order valence-corrected chi connectivity index (χ2v) is 4.41. The Kier molecular flexibility index (Phi) is 6.79. The average molecular weight is 309 g/mol. The molecule has 20 heavy (non-hydrogen) atoms. The number of aliphatic hydroxyl groups is 1. The standard InChI is InChI=1S/C11H17F6NO2/c1-3-6(4-2)7(19)5-18-9(20)8(10(12,13)14)11(15,16)17/h6-8,19H,3-5H2,1-2H3,(H,18,20). The second kappa shape index (κ2) is 7.14. The zero-order valence-corrected chi connectivity index (χ0v) is 11.0. The van der Waals surface area contributed by atoms with Gasteiger partial charge in [0.25, 0.3) is 0 Å². The first-order valence-corrected chi connectivity index (χ1v) is 6.04. The maximum atomic E-state index is 12.2. The number of carbonyl (C=O) groups excluding carboxylic acids is 1. The zero-order valence-electron chi connectivity index (χ0n) is 11.0. The number of amides is 1. The maximum absolute atomic E-state index is 12.2. The van der Waals surface area contributed by atoms with Gasteiger partial charge in [-0.1, -0.05) is 26.7 Å². The number of aliphatic hydroxyl groups excluding tert-OH is 1. The molecule has 0 aliphatic rings. The van der Waals surface area contributed by atoms with Crippen molar-refractivity contribution in [3.63, 3.8) is 0 Å². The highest BCUT2D eigenvalue weighted by atomic mass is 19.4. The summed E-state index contributed by atoms with van der Waals surface area (Å²) in [4.78, 5) is 11.1. The minimum absolute atomic E-state index is 0.300. The second-order valence-electron chi connectivity index (χ2n) is 4.41. The lowest BCUT2D eigenvalue weighted by atomic mass is 9.96. The van der Waals surface area contributed by atoms with E-state index in [1.165, 1.54) is 5.32 Å². The predicted molar refractivity (Wildman–Crippen MR) is 58.7 cm³/mol. The van der Waals surface area contributed by atoms with Gasteiger partial charge in [-0.2, -0.15) is 26.3 Å². The van der Waals surface area contributed by atoms with Gasteiger partial charge in [-0.3, -0.25) is 4.79 Å². The highest BCUT2D eigenvalue weighted by Gasteiger charge is 2.61. The fourth-order valence-electron chi connectivity index (χ4n) is 1.79. The van der Waals surface area contributed by atoms with Gasteiger partial charge in [0.1, 0.15) is 0 Å². The van der Waals surface area contributed by atoms with Crippen molar-refractivity contribution in [1.29, 1.82) is 0 Å². The van der Waals surface area contributed by atoms with Gasteiger partial charge in [0, 0.05) is 6.54 Å². The number of hydrogen-bond acceptors (Lipinski definition) is 2. The lowest BCUT2D eigenvalue weighted by Gasteiger charge is -2.24. The Morgan fingerprint density at radius 3 is 1.75 bits per heavy atom. The van der Waals surface area contributed by atoms with Crippen LogP contribution in [0.2, 0.25) is 0 Å². The molecule has 0 spiro atoms. The van der Waals surface area contributed by atoms with Crippen LogP contribution in [0, 0.1) is 11.8 Å². The molecular formula is C11H17F6NO2. The van der Waals surface area contributed by atoms with Crippen molar-refractivity contribution in [2.45, 2.75) is 45.1 Å². The first kappa shape index (κ1) is 19.0. The van der Waals surface area contributed by atoms with E-state index in [4.69, 9.17) is 0 Å². The zero-order chi connectivity index (χ0) is 16.1. The third-order valence-electron chi connectivity index (χ3n) is 3.00. The predicted octanol–water partition coefficient (Wildman–Crippen LogP) is 2.64. The Morgan fingerprint density at radius 2 is 1.45 bits per heavy atom.